The molecule has 140 valence electrons. The minimum Gasteiger partial charge on any atom is -0.459 e. The van der Waals surface area contributed by atoms with Crippen LogP contribution >= 0.6 is 0 Å². The highest BCUT2D eigenvalue weighted by atomic mass is 16.5. The van der Waals surface area contributed by atoms with Gasteiger partial charge in [-0.3, -0.25) is 9.59 Å². The van der Waals surface area contributed by atoms with Crippen molar-refractivity contribution < 1.29 is 18.5 Å². The van der Waals surface area contributed by atoms with Gasteiger partial charge >= 0.3 is 0 Å². The van der Waals surface area contributed by atoms with Gasteiger partial charge in [-0.05, 0) is 55.5 Å². The first-order valence-corrected chi connectivity index (χ1v) is 8.78. The summed E-state index contributed by atoms with van der Waals surface area (Å²) in [4.78, 5) is 26.6. The zero-order chi connectivity index (χ0) is 19.5. The summed E-state index contributed by atoms with van der Waals surface area (Å²) < 4.78 is 10.4. The molecule has 0 unspecified atom stereocenters. The van der Waals surface area contributed by atoms with Gasteiger partial charge in [0.05, 0.1) is 11.6 Å². The maximum atomic E-state index is 12.5. The second-order valence-electron chi connectivity index (χ2n) is 6.06. The highest BCUT2D eigenvalue weighted by molar-refractivity contribution is 6.10. The Labute approximate surface area is 160 Å². The quantitative estimate of drug-likeness (QED) is 0.560. The first kappa shape index (κ1) is 17.5. The largest absolute Gasteiger partial charge is 0.459 e. The molecule has 2 aromatic heterocycles. The highest BCUT2D eigenvalue weighted by Gasteiger charge is 2.19. The molecule has 2 amide bonds. The van der Waals surface area contributed by atoms with E-state index >= 15 is 0 Å². The Kier molecular flexibility index (Phi) is 4.63. The van der Waals surface area contributed by atoms with Crippen molar-refractivity contribution in [2.24, 2.45) is 0 Å². The molecular weight excluding hydrogens is 358 g/mol. The fraction of sp³-hybridized carbons (Fsp3) is 0.0952. The standard InChI is InChI=1S/C21H17N3O4/c1-2-24(21(26)18-8-5-13-27-18)15-11-9-14(10-12-15)22-20(25)19-16-6-3-4-7-17(16)23-28-19/h3-13H,2H2,1H3,(H,22,25). The molecule has 0 atom stereocenters. The SMILES string of the molecule is CCN(C(=O)c1ccco1)c1ccc(NC(=O)c2onc3ccccc23)cc1. The lowest BCUT2D eigenvalue weighted by Gasteiger charge is -2.20. The lowest BCUT2D eigenvalue weighted by atomic mass is 10.2. The number of carbonyl (C=O) groups excluding carboxylic acids is 2. The third-order valence-electron chi connectivity index (χ3n) is 4.32. The summed E-state index contributed by atoms with van der Waals surface area (Å²) in [6.45, 7) is 2.36. The Balaban J connectivity index is 1.51. The zero-order valence-electron chi connectivity index (χ0n) is 15.1. The van der Waals surface area contributed by atoms with Gasteiger partial charge in [0.2, 0.25) is 5.76 Å². The topological polar surface area (TPSA) is 88.6 Å². The van der Waals surface area contributed by atoms with E-state index in [1.54, 1.807) is 53.4 Å². The zero-order valence-corrected chi connectivity index (χ0v) is 15.1. The Morgan fingerprint density at radius 1 is 1.04 bits per heavy atom. The lowest BCUT2D eigenvalue weighted by molar-refractivity contribution is 0.0959. The fourth-order valence-electron chi connectivity index (χ4n) is 2.94. The number of rotatable bonds is 5. The number of nitrogens with zero attached hydrogens (tertiary/aromatic N) is 2. The van der Waals surface area contributed by atoms with Gasteiger partial charge in [0.1, 0.15) is 5.52 Å². The van der Waals surface area contributed by atoms with Crippen LogP contribution in [0.2, 0.25) is 0 Å². The first-order valence-electron chi connectivity index (χ1n) is 8.78. The van der Waals surface area contributed by atoms with Crippen molar-refractivity contribution >= 4 is 34.1 Å². The van der Waals surface area contributed by atoms with E-state index in [0.717, 1.165) is 0 Å². The lowest BCUT2D eigenvalue weighted by Crippen LogP contribution is -2.30. The summed E-state index contributed by atoms with van der Waals surface area (Å²) in [5.41, 5.74) is 1.90. The second-order valence-corrected chi connectivity index (χ2v) is 6.06. The number of carbonyl (C=O) groups is 2. The summed E-state index contributed by atoms with van der Waals surface area (Å²) in [5.74, 6) is -0.183. The summed E-state index contributed by atoms with van der Waals surface area (Å²) >= 11 is 0. The number of nitrogens with one attached hydrogen (secondary N) is 1. The van der Waals surface area contributed by atoms with Crippen LogP contribution in [-0.4, -0.2) is 23.5 Å². The Hall–Kier alpha value is -3.87. The van der Waals surface area contributed by atoms with Gasteiger partial charge in [-0.1, -0.05) is 17.3 Å². The molecule has 1 N–H and O–H groups in total. The monoisotopic (exact) mass is 375 g/mol. The molecular formula is C21H17N3O4. The first-order chi connectivity index (χ1) is 13.7. The molecule has 0 aliphatic rings. The number of anilines is 2. The van der Waals surface area contributed by atoms with E-state index in [9.17, 15) is 9.59 Å². The minimum atomic E-state index is -0.388. The third-order valence-corrected chi connectivity index (χ3v) is 4.32. The van der Waals surface area contributed by atoms with Gasteiger partial charge in [0.25, 0.3) is 11.8 Å². The summed E-state index contributed by atoms with van der Waals surface area (Å²) in [6.07, 6.45) is 1.47. The fourth-order valence-corrected chi connectivity index (χ4v) is 2.94. The van der Waals surface area contributed by atoms with E-state index < -0.39 is 0 Å². The van der Waals surface area contributed by atoms with Crippen LogP contribution in [0.5, 0.6) is 0 Å². The molecule has 0 saturated carbocycles. The number of hydrogen-bond acceptors (Lipinski definition) is 5. The second kappa shape index (κ2) is 7.40. The molecule has 0 aliphatic carbocycles. The van der Waals surface area contributed by atoms with Crippen LogP contribution < -0.4 is 10.2 Å². The van der Waals surface area contributed by atoms with Crippen molar-refractivity contribution in [3.05, 3.63) is 78.4 Å². The minimum absolute atomic E-state index is 0.155. The van der Waals surface area contributed by atoms with Crippen molar-refractivity contribution in [1.82, 2.24) is 5.16 Å². The van der Waals surface area contributed by atoms with Crippen molar-refractivity contribution in [1.29, 1.82) is 0 Å². The van der Waals surface area contributed by atoms with Crippen LogP contribution in [0.1, 0.15) is 28.0 Å². The van der Waals surface area contributed by atoms with Crippen LogP contribution in [0.25, 0.3) is 10.9 Å². The molecule has 0 aliphatic heterocycles. The molecule has 4 rings (SSSR count). The van der Waals surface area contributed by atoms with E-state index in [-0.39, 0.29) is 23.3 Å². The van der Waals surface area contributed by atoms with Gasteiger partial charge in [-0.2, -0.15) is 0 Å². The van der Waals surface area contributed by atoms with Crippen molar-refractivity contribution in [3.63, 3.8) is 0 Å². The normalized spacial score (nSPS) is 10.8. The number of hydrogen-bond donors (Lipinski definition) is 1. The molecule has 7 heteroatoms. The molecule has 4 aromatic rings. The Morgan fingerprint density at radius 3 is 2.54 bits per heavy atom. The predicted molar refractivity (Wildman–Crippen MR) is 104 cm³/mol. The average Bonchev–Trinajstić information content (AvgIpc) is 3.40. The molecule has 2 aromatic carbocycles. The van der Waals surface area contributed by atoms with E-state index in [0.29, 0.717) is 28.8 Å². The van der Waals surface area contributed by atoms with Crippen molar-refractivity contribution in [2.45, 2.75) is 6.92 Å². The molecule has 2 heterocycles. The molecule has 0 bridgehead atoms. The van der Waals surface area contributed by atoms with Gasteiger partial charge < -0.3 is 19.2 Å². The van der Waals surface area contributed by atoms with Crippen LogP contribution in [0.15, 0.2) is 75.9 Å². The number of amides is 2. The van der Waals surface area contributed by atoms with Crippen LogP contribution in [0, 0.1) is 0 Å². The molecule has 0 saturated heterocycles. The van der Waals surface area contributed by atoms with E-state index in [1.165, 1.54) is 6.26 Å². The van der Waals surface area contributed by atoms with Crippen molar-refractivity contribution in [2.75, 3.05) is 16.8 Å². The van der Waals surface area contributed by atoms with E-state index in [1.807, 2.05) is 19.1 Å². The van der Waals surface area contributed by atoms with Gasteiger partial charge in [0.15, 0.2) is 5.76 Å². The Morgan fingerprint density at radius 2 is 1.82 bits per heavy atom. The average molecular weight is 375 g/mol. The molecule has 0 spiro atoms. The smallest absolute Gasteiger partial charge is 0.294 e. The third kappa shape index (κ3) is 3.25. The van der Waals surface area contributed by atoms with Gasteiger partial charge in [0, 0.05) is 17.9 Å². The molecule has 28 heavy (non-hydrogen) atoms. The van der Waals surface area contributed by atoms with Crippen LogP contribution in [0.3, 0.4) is 0 Å². The van der Waals surface area contributed by atoms with E-state index in [4.69, 9.17) is 8.94 Å². The summed E-state index contributed by atoms with van der Waals surface area (Å²) in [5, 5.41) is 7.32. The van der Waals surface area contributed by atoms with Crippen LogP contribution in [-0.2, 0) is 0 Å². The van der Waals surface area contributed by atoms with Crippen molar-refractivity contribution in [3.8, 4) is 0 Å². The van der Waals surface area contributed by atoms with E-state index in [2.05, 4.69) is 10.5 Å². The number of fused-ring (bicyclic) bond motifs is 1. The highest BCUT2D eigenvalue weighted by Crippen LogP contribution is 2.22. The Bertz CT molecular complexity index is 1110. The number of aromatic nitrogens is 1. The maximum Gasteiger partial charge on any atom is 0.294 e. The number of benzene rings is 2. The summed E-state index contributed by atoms with van der Waals surface area (Å²) in [7, 11) is 0. The molecule has 0 fully saturated rings. The maximum absolute atomic E-state index is 12.5. The molecule has 0 radical (unpaired) electrons. The number of furan rings is 1. The molecule has 7 nitrogen and oxygen atoms in total. The predicted octanol–water partition coefficient (Wildman–Crippen LogP) is 4.34. The summed E-state index contributed by atoms with van der Waals surface area (Å²) in [6, 6.07) is 17.5. The van der Waals surface area contributed by atoms with Gasteiger partial charge in [-0.15, -0.1) is 0 Å². The van der Waals surface area contributed by atoms with Gasteiger partial charge in [-0.25, -0.2) is 0 Å². The van der Waals surface area contributed by atoms with Crippen LogP contribution in [0.4, 0.5) is 11.4 Å².